The summed E-state index contributed by atoms with van der Waals surface area (Å²) in [6.07, 6.45) is -1.36. The van der Waals surface area contributed by atoms with Crippen LogP contribution in [0.3, 0.4) is 0 Å². The van der Waals surface area contributed by atoms with Gasteiger partial charge in [0.2, 0.25) is 5.76 Å². The number of rotatable bonds is 9. The zero-order chi connectivity index (χ0) is 19.8. The molecule has 0 saturated heterocycles. The molecule has 0 aliphatic rings. The molecule has 2 N–H and O–H groups in total. The molecular weight excluding hydrogens is 384 g/mol. The predicted molar refractivity (Wildman–Crippen MR) is 93.0 cm³/mol. The first-order valence-electron chi connectivity index (χ1n) is 8.05. The standard InChI is InChI=1S/C17H18ClF2N3O4/c1-10-6-15(27-23-10)17(25)22-8-11(19)4-5-21-16(24)9-26-12-2-3-13(18)14(20)7-12/h2-3,6-7,11H,4-5,8-9H2,1H3,(H,21,24)(H,22,25). The minimum Gasteiger partial charge on any atom is -0.484 e. The Hall–Kier alpha value is -2.68. The predicted octanol–water partition coefficient (Wildman–Crippen LogP) is 2.43. The summed E-state index contributed by atoms with van der Waals surface area (Å²) in [5, 5.41) is 8.36. The Morgan fingerprint density at radius 2 is 2.11 bits per heavy atom. The van der Waals surface area contributed by atoms with Crippen LogP contribution in [0.4, 0.5) is 8.78 Å². The number of amides is 2. The molecule has 2 rings (SSSR count). The van der Waals surface area contributed by atoms with Crippen LogP contribution in [0.1, 0.15) is 22.7 Å². The van der Waals surface area contributed by atoms with Crippen LogP contribution in [0.5, 0.6) is 5.75 Å². The summed E-state index contributed by atoms with van der Waals surface area (Å²) in [4.78, 5) is 23.3. The number of hydrogen-bond acceptors (Lipinski definition) is 5. The van der Waals surface area contributed by atoms with Gasteiger partial charge in [-0.15, -0.1) is 0 Å². The number of alkyl halides is 1. The van der Waals surface area contributed by atoms with Crippen molar-refractivity contribution in [2.24, 2.45) is 0 Å². The molecular formula is C17H18ClF2N3O4. The molecule has 0 aliphatic carbocycles. The number of nitrogens with zero attached hydrogens (tertiary/aromatic N) is 1. The third-order valence-electron chi connectivity index (χ3n) is 3.38. The summed E-state index contributed by atoms with van der Waals surface area (Å²) in [5.74, 6) is -1.55. The lowest BCUT2D eigenvalue weighted by Gasteiger charge is -2.10. The topological polar surface area (TPSA) is 93.5 Å². The zero-order valence-corrected chi connectivity index (χ0v) is 15.2. The first-order valence-corrected chi connectivity index (χ1v) is 8.43. The molecule has 0 spiro atoms. The van der Waals surface area contributed by atoms with Gasteiger partial charge in [0, 0.05) is 25.2 Å². The highest BCUT2D eigenvalue weighted by Gasteiger charge is 2.14. The summed E-state index contributed by atoms with van der Waals surface area (Å²) in [6.45, 7) is 1.14. The van der Waals surface area contributed by atoms with Crippen LogP contribution in [-0.2, 0) is 4.79 Å². The molecule has 2 amide bonds. The van der Waals surface area contributed by atoms with Crippen LogP contribution in [0, 0.1) is 12.7 Å². The average molecular weight is 402 g/mol. The van der Waals surface area contributed by atoms with Crippen LogP contribution in [-0.4, -0.2) is 42.8 Å². The molecule has 10 heteroatoms. The second-order valence-electron chi connectivity index (χ2n) is 5.64. The number of carbonyl (C=O) groups is 2. The van der Waals surface area contributed by atoms with E-state index in [2.05, 4.69) is 15.8 Å². The lowest BCUT2D eigenvalue weighted by atomic mass is 10.2. The molecule has 2 aromatic rings. The Morgan fingerprint density at radius 3 is 2.78 bits per heavy atom. The molecule has 146 valence electrons. The number of benzene rings is 1. The first kappa shape index (κ1) is 20.6. The van der Waals surface area contributed by atoms with E-state index in [0.717, 1.165) is 6.07 Å². The minimum absolute atomic E-state index is 0.00295. The maximum Gasteiger partial charge on any atom is 0.290 e. The highest BCUT2D eigenvalue weighted by molar-refractivity contribution is 6.30. The number of nitrogens with one attached hydrogen (secondary N) is 2. The molecule has 1 atom stereocenters. The molecule has 27 heavy (non-hydrogen) atoms. The third kappa shape index (κ3) is 6.86. The van der Waals surface area contributed by atoms with Gasteiger partial charge in [0.1, 0.15) is 17.7 Å². The molecule has 0 fully saturated rings. The van der Waals surface area contributed by atoms with E-state index in [0.29, 0.717) is 5.69 Å². The first-order chi connectivity index (χ1) is 12.8. The highest BCUT2D eigenvalue weighted by atomic mass is 35.5. The van der Waals surface area contributed by atoms with Crippen molar-refractivity contribution >= 4 is 23.4 Å². The van der Waals surface area contributed by atoms with E-state index in [-0.39, 0.29) is 42.6 Å². The van der Waals surface area contributed by atoms with Crippen molar-refractivity contribution in [3.8, 4) is 5.75 Å². The van der Waals surface area contributed by atoms with Crippen LogP contribution >= 0.6 is 11.6 Å². The molecule has 1 heterocycles. The number of aromatic nitrogens is 1. The van der Waals surface area contributed by atoms with Crippen molar-refractivity contribution in [2.45, 2.75) is 19.5 Å². The largest absolute Gasteiger partial charge is 0.484 e. The maximum atomic E-state index is 13.8. The smallest absolute Gasteiger partial charge is 0.290 e. The second-order valence-corrected chi connectivity index (χ2v) is 6.05. The lowest BCUT2D eigenvalue weighted by Crippen LogP contribution is -2.34. The van der Waals surface area contributed by atoms with E-state index in [4.69, 9.17) is 20.9 Å². The summed E-state index contributed by atoms with van der Waals surface area (Å²) in [6, 6.07) is 5.24. The fourth-order valence-corrected chi connectivity index (χ4v) is 2.12. The molecule has 1 unspecified atom stereocenters. The SMILES string of the molecule is Cc1cc(C(=O)NCC(F)CCNC(=O)COc2ccc(Cl)c(F)c2)on1. The fraction of sp³-hybridized carbons (Fsp3) is 0.353. The zero-order valence-electron chi connectivity index (χ0n) is 14.4. The van der Waals surface area contributed by atoms with E-state index >= 15 is 0 Å². The van der Waals surface area contributed by atoms with Crippen LogP contribution in [0.2, 0.25) is 5.02 Å². The lowest BCUT2D eigenvalue weighted by molar-refractivity contribution is -0.123. The van der Waals surface area contributed by atoms with Crippen LogP contribution < -0.4 is 15.4 Å². The Morgan fingerprint density at radius 1 is 1.33 bits per heavy atom. The third-order valence-corrected chi connectivity index (χ3v) is 3.68. The van der Waals surface area contributed by atoms with Crippen molar-refractivity contribution < 1.29 is 27.6 Å². The van der Waals surface area contributed by atoms with E-state index in [9.17, 15) is 18.4 Å². The summed E-state index contributed by atoms with van der Waals surface area (Å²) in [7, 11) is 0. The molecule has 0 aliphatic heterocycles. The number of ether oxygens (including phenoxy) is 1. The number of halogens is 3. The van der Waals surface area contributed by atoms with E-state index < -0.39 is 23.8 Å². The highest BCUT2D eigenvalue weighted by Crippen LogP contribution is 2.20. The van der Waals surface area contributed by atoms with Crippen molar-refractivity contribution in [3.63, 3.8) is 0 Å². The monoisotopic (exact) mass is 401 g/mol. The molecule has 0 bridgehead atoms. The Balaban J connectivity index is 1.61. The average Bonchev–Trinajstić information content (AvgIpc) is 3.07. The van der Waals surface area contributed by atoms with Gasteiger partial charge in [0.15, 0.2) is 6.61 Å². The quantitative estimate of drug-likeness (QED) is 0.673. The van der Waals surface area contributed by atoms with Crippen LogP contribution in [0.25, 0.3) is 0 Å². The second kappa shape index (κ2) is 9.86. The van der Waals surface area contributed by atoms with Gasteiger partial charge in [0.05, 0.1) is 10.7 Å². The summed E-state index contributed by atoms with van der Waals surface area (Å²) in [5.41, 5.74) is 0.545. The van der Waals surface area contributed by atoms with Gasteiger partial charge in [-0.25, -0.2) is 8.78 Å². The van der Waals surface area contributed by atoms with Gasteiger partial charge in [-0.05, 0) is 25.5 Å². The number of hydrogen-bond donors (Lipinski definition) is 2. The molecule has 1 aromatic heterocycles. The van der Waals surface area contributed by atoms with Gasteiger partial charge >= 0.3 is 0 Å². The van der Waals surface area contributed by atoms with Crippen molar-refractivity contribution in [2.75, 3.05) is 19.7 Å². The Bertz CT molecular complexity index is 800. The van der Waals surface area contributed by atoms with Gasteiger partial charge < -0.3 is 19.9 Å². The fourth-order valence-electron chi connectivity index (χ4n) is 2.00. The number of carbonyl (C=O) groups excluding carboxylic acids is 2. The minimum atomic E-state index is -1.36. The van der Waals surface area contributed by atoms with Gasteiger partial charge in [-0.2, -0.15) is 0 Å². The molecule has 1 aromatic carbocycles. The normalized spacial score (nSPS) is 11.7. The van der Waals surface area contributed by atoms with Gasteiger partial charge in [-0.1, -0.05) is 16.8 Å². The van der Waals surface area contributed by atoms with Crippen molar-refractivity contribution in [3.05, 3.63) is 46.6 Å². The van der Waals surface area contributed by atoms with Gasteiger partial charge in [-0.3, -0.25) is 9.59 Å². The number of aryl methyl sites for hydroxylation is 1. The van der Waals surface area contributed by atoms with E-state index in [1.165, 1.54) is 18.2 Å². The molecule has 7 nitrogen and oxygen atoms in total. The molecule has 0 saturated carbocycles. The maximum absolute atomic E-state index is 13.8. The van der Waals surface area contributed by atoms with E-state index in [1.54, 1.807) is 6.92 Å². The van der Waals surface area contributed by atoms with Crippen LogP contribution in [0.15, 0.2) is 28.8 Å². The Labute approximate surface area is 159 Å². The summed E-state index contributed by atoms with van der Waals surface area (Å²) >= 11 is 5.54. The van der Waals surface area contributed by atoms with E-state index in [1.807, 2.05) is 0 Å². The van der Waals surface area contributed by atoms with Crippen molar-refractivity contribution in [1.82, 2.24) is 15.8 Å². The molecule has 0 radical (unpaired) electrons. The van der Waals surface area contributed by atoms with Crippen molar-refractivity contribution in [1.29, 1.82) is 0 Å². The van der Waals surface area contributed by atoms with Gasteiger partial charge in [0.25, 0.3) is 11.8 Å². The Kier molecular flexibility index (Phi) is 7.54. The summed E-state index contributed by atoms with van der Waals surface area (Å²) < 4.78 is 36.9.